The Labute approximate surface area is 156 Å². The quantitative estimate of drug-likeness (QED) is 0.485. The van der Waals surface area contributed by atoms with Crippen molar-refractivity contribution in [2.75, 3.05) is 6.61 Å². The number of oxazole rings is 1. The van der Waals surface area contributed by atoms with Gasteiger partial charge in [0.1, 0.15) is 33.7 Å². The van der Waals surface area contributed by atoms with Crippen molar-refractivity contribution in [1.29, 1.82) is 0 Å². The average Bonchev–Trinajstić information content (AvgIpc) is 3.26. The molecule has 0 amide bonds. The molecule has 134 valence electrons. The summed E-state index contributed by atoms with van der Waals surface area (Å²) in [5.74, 6) is 1.51. The lowest BCUT2D eigenvalue weighted by atomic mass is 10.0. The van der Waals surface area contributed by atoms with Gasteiger partial charge in [0, 0.05) is 24.4 Å². The van der Waals surface area contributed by atoms with Crippen molar-refractivity contribution in [3.8, 4) is 21.3 Å². The lowest BCUT2D eigenvalue weighted by molar-refractivity contribution is 0.144. The van der Waals surface area contributed by atoms with E-state index in [1.807, 2.05) is 25.3 Å². The van der Waals surface area contributed by atoms with Crippen molar-refractivity contribution in [2.24, 2.45) is 5.16 Å². The largest absolute Gasteiger partial charge is 0.440 e. The van der Waals surface area contributed by atoms with Gasteiger partial charge in [-0.2, -0.15) is 0 Å². The van der Waals surface area contributed by atoms with Crippen LogP contribution in [0.3, 0.4) is 0 Å². The highest BCUT2D eigenvalue weighted by Crippen LogP contribution is 2.36. The van der Waals surface area contributed by atoms with E-state index in [0.29, 0.717) is 12.5 Å². The van der Waals surface area contributed by atoms with Crippen molar-refractivity contribution in [3.05, 3.63) is 41.7 Å². The van der Waals surface area contributed by atoms with E-state index in [1.165, 1.54) is 0 Å². The third kappa shape index (κ3) is 3.26. The summed E-state index contributed by atoms with van der Waals surface area (Å²) < 4.78 is 6.07. The first-order chi connectivity index (χ1) is 12.8. The van der Waals surface area contributed by atoms with Crippen LogP contribution in [0.1, 0.15) is 43.3 Å². The minimum Gasteiger partial charge on any atom is -0.440 e. The molecular formula is C19H20N4O2S. The van der Waals surface area contributed by atoms with Gasteiger partial charge in [0.2, 0.25) is 5.89 Å². The summed E-state index contributed by atoms with van der Waals surface area (Å²) in [4.78, 5) is 19.9. The molecule has 0 radical (unpaired) electrons. The summed E-state index contributed by atoms with van der Waals surface area (Å²) in [7, 11) is 0. The van der Waals surface area contributed by atoms with E-state index in [9.17, 15) is 0 Å². The first-order valence-electron chi connectivity index (χ1n) is 8.83. The Morgan fingerprint density at radius 1 is 1.31 bits per heavy atom. The summed E-state index contributed by atoms with van der Waals surface area (Å²) in [6.07, 6.45) is 7.25. The maximum atomic E-state index is 6.07. The summed E-state index contributed by atoms with van der Waals surface area (Å²) >= 11 is 1.57. The zero-order valence-corrected chi connectivity index (χ0v) is 15.7. The van der Waals surface area contributed by atoms with Crippen LogP contribution in [0.2, 0.25) is 0 Å². The highest BCUT2D eigenvalue weighted by Gasteiger charge is 2.25. The van der Waals surface area contributed by atoms with Gasteiger partial charge in [0.25, 0.3) is 0 Å². The van der Waals surface area contributed by atoms with E-state index >= 15 is 0 Å². The van der Waals surface area contributed by atoms with Gasteiger partial charge in [-0.25, -0.2) is 9.97 Å². The topological polar surface area (TPSA) is 73.4 Å². The summed E-state index contributed by atoms with van der Waals surface area (Å²) in [5, 5.41) is 5.19. The minimum atomic E-state index is 0.616. The Morgan fingerprint density at radius 3 is 3.04 bits per heavy atom. The highest BCUT2D eigenvalue weighted by molar-refractivity contribution is 7.18. The van der Waals surface area contributed by atoms with Crippen LogP contribution >= 0.6 is 11.3 Å². The predicted molar refractivity (Wildman–Crippen MR) is 101 cm³/mol. The Hall–Kier alpha value is -2.54. The molecule has 1 aliphatic carbocycles. The van der Waals surface area contributed by atoms with Crippen LogP contribution in [0, 0.1) is 6.92 Å². The molecule has 0 N–H and O–H groups in total. The zero-order chi connectivity index (χ0) is 17.9. The SMILES string of the molecule is CCCON=C1CCCc2oc(-c3sc(-c4cccnc4)nc3C)nc21. The molecule has 3 heterocycles. The molecule has 26 heavy (non-hydrogen) atoms. The maximum absolute atomic E-state index is 6.07. The normalized spacial score (nSPS) is 15.2. The molecular weight excluding hydrogens is 348 g/mol. The van der Waals surface area contributed by atoms with E-state index in [2.05, 4.69) is 22.0 Å². The summed E-state index contributed by atoms with van der Waals surface area (Å²) in [5.41, 5.74) is 3.62. The van der Waals surface area contributed by atoms with Crippen molar-refractivity contribution >= 4 is 17.0 Å². The highest BCUT2D eigenvalue weighted by atomic mass is 32.1. The first kappa shape index (κ1) is 16.9. The fraction of sp³-hybridized carbons (Fsp3) is 0.368. The van der Waals surface area contributed by atoms with Gasteiger partial charge in [-0.15, -0.1) is 11.3 Å². The standard InChI is InChI=1S/C19H20N4O2S/c1-3-10-24-23-14-7-4-8-15-16(14)22-18(25-15)17-12(2)21-19(26-17)13-6-5-9-20-11-13/h5-6,9,11H,3-4,7-8,10H2,1-2H3. The van der Waals surface area contributed by atoms with Gasteiger partial charge in [-0.05, 0) is 38.3 Å². The predicted octanol–water partition coefficient (Wildman–Crippen LogP) is 4.64. The molecule has 1 aliphatic rings. The van der Waals surface area contributed by atoms with Crippen molar-refractivity contribution < 1.29 is 9.25 Å². The summed E-state index contributed by atoms with van der Waals surface area (Å²) in [6, 6.07) is 3.92. The Morgan fingerprint density at radius 2 is 2.23 bits per heavy atom. The van der Waals surface area contributed by atoms with Gasteiger partial charge in [-0.1, -0.05) is 12.1 Å². The molecule has 0 bridgehead atoms. The van der Waals surface area contributed by atoms with Gasteiger partial charge < -0.3 is 9.25 Å². The number of fused-ring (bicyclic) bond motifs is 1. The van der Waals surface area contributed by atoms with Crippen LogP contribution in [0.25, 0.3) is 21.3 Å². The number of aromatic nitrogens is 3. The number of hydrogen-bond donors (Lipinski definition) is 0. The van der Waals surface area contributed by atoms with E-state index in [4.69, 9.17) is 14.2 Å². The van der Waals surface area contributed by atoms with Crippen LogP contribution in [0.15, 0.2) is 34.1 Å². The molecule has 6 nitrogen and oxygen atoms in total. The number of oxime groups is 1. The third-order valence-electron chi connectivity index (χ3n) is 4.16. The Bertz CT molecular complexity index is 930. The van der Waals surface area contributed by atoms with E-state index in [-0.39, 0.29) is 0 Å². The van der Waals surface area contributed by atoms with Crippen LogP contribution < -0.4 is 0 Å². The molecule has 4 rings (SSSR count). The monoisotopic (exact) mass is 368 g/mol. The molecule has 0 aliphatic heterocycles. The Balaban J connectivity index is 1.68. The Kier molecular flexibility index (Phi) is 4.79. The van der Waals surface area contributed by atoms with E-state index in [0.717, 1.165) is 64.0 Å². The van der Waals surface area contributed by atoms with E-state index < -0.39 is 0 Å². The number of aryl methyl sites for hydroxylation is 2. The molecule has 3 aromatic heterocycles. The first-order valence-corrected chi connectivity index (χ1v) is 9.65. The minimum absolute atomic E-state index is 0.616. The van der Waals surface area contributed by atoms with Gasteiger partial charge >= 0.3 is 0 Å². The molecule has 7 heteroatoms. The number of nitrogens with zero attached hydrogens (tertiary/aromatic N) is 4. The second-order valence-electron chi connectivity index (χ2n) is 6.19. The number of pyridine rings is 1. The average molecular weight is 368 g/mol. The second-order valence-corrected chi connectivity index (χ2v) is 7.19. The molecule has 0 saturated carbocycles. The van der Waals surface area contributed by atoms with Crippen LogP contribution in [0.5, 0.6) is 0 Å². The summed E-state index contributed by atoms with van der Waals surface area (Å²) in [6.45, 7) is 4.66. The smallest absolute Gasteiger partial charge is 0.239 e. The fourth-order valence-corrected chi connectivity index (χ4v) is 3.87. The number of thiazole rings is 1. The molecule has 0 unspecified atom stereocenters. The lowest BCUT2D eigenvalue weighted by Crippen LogP contribution is -2.11. The molecule has 0 fully saturated rings. The van der Waals surface area contributed by atoms with Crippen LogP contribution in [-0.4, -0.2) is 27.3 Å². The molecule has 3 aromatic rings. The maximum Gasteiger partial charge on any atom is 0.239 e. The fourth-order valence-electron chi connectivity index (χ4n) is 2.89. The van der Waals surface area contributed by atoms with E-state index in [1.54, 1.807) is 17.5 Å². The van der Waals surface area contributed by atoms with Crippen molar-refractivity contribution in [1.82, 2.24) is 15.0 Å². The van der Waals surface area contributed by atoms with Crippen molar-refractivity contribution in [2.45, 2.75) is 39.5 Å². The lowest BCUT2D eigenvalue weighted by Gasteiger charge is -2.10. The zero-order valence-electron chi connectivity index (χ0n) is 14.9. The van der Waals surface area contributed by atoms with Gasteiger partial charge in [-0.3, -0.25) is 4.98 Å². The van der Waals surface area contributed by atoms with Gasteiger partial charge in [0.15, 0.2) is 0 Å². The molecule has 0 atom stereocenters. The molecule has 0 saturated heterocycles. The number of rotatable bonds is 5. The van der Waals surface area contributed by atoms with Crippen molar-refractivity contribution in [3.63, 3.8) is 0 Å². The third-order valence-corrected chi connectivity index (χ3v) is 5.35. The molecule has 0 aromatic carbocycles. The number of hydrogen-bond acceptors (Lipinski definition) is 7. The van der Waals surface area contributed by atoms with Gasteiger partial charge in [0.05, 0.1) is 5.69 Å². The molecule has 0 spiro atoms. The van der Waals surface area contributed by atoms with Crippen LogP contribution in [0.4, 0.5) is 0 Å². The van der Waals surface area contributed by atoms with Crippen LogP contribution in [-0.2, 0) is 11.3 Å². The second kappa shape index (κ2) is 7.37.